The molecule has 434 valence electrons. The number of allylic oxidation sites excluding steroid dienone is 20. The molecule has 9 nitrogen and oxygen atoms in total. The molecule has 0 fully saturated rings. The van der Waals surface area contributed by atoms with E-state index in [-0.39, 0.29) is 32.0 Å². The minimum absolute atomic E-state index is 0.0229. The third-order valence-corrected chi connectivity index (χ3v) is 13.5. The minimum atomic E-state index is -4.40. The highest BCUT2D eigenvalue weighted by Gasteiger charge is 2.27. The molecule has 0 aliphatic rings. The fraction of sp³-hybridized carbons (Fsp3) is 0.667. The number of phosphoric ester groups is 1. The Labute approximate surface area is 467 Å². The van der Waals surface area contributed by atoms with Crippen LogP contribution in [0.1, 0.15) is 232 Å². The van der Waals surface area contributed by atoms with Crippen molar-refractivity contribution in [2.24, 2.45) is 0 Å². The molecule has 0 aromatic heterocycles. The van der Waals surface area contributed by atoms with Crippen LogP contribution in [0.4, 0.5) is 0 Å². The molecule has 0 bridgehead atoms. The molecule has 1 N–H and O–H groups in total. The average molecular weight is 1080 g/mol. The molecule has 2 unspecified atom stereocenters. The molecule has 76 heavy (non-hydrogen) atoms. The Hall–Kier alpha value is -3.59. The number of carbonyl (C=O) groups is 2. The number of hydrogen-bond donors (Lipinski definition) is 1. The number of rotatable bonds is 54. The lowest BCUT2D eigenvalue weighted by molar-refractivity contribution is -0.870. The molecule has 0 amide bonds. The maximum absolute atomic E-state index is 12.8. The fourth-order valence-corrected chi connectivity index (χ4v) is 8.57. The zero-order valence-electron chi connectivity index (χ0n) is 49.2. The Kier molecular flexibility index (Phi) is 53.5. The van der Waals surface area contributed by atoms with E-state index in [1.807, 2.05) is 21.1 Å². The fourth-order valence-electron chi connectivity index (χ4n) is 7.83. The molecule has 0 saturated heterocycles. The normalized spacial score (nSPS) is 14.1. The second-order valence-corrected chi connectivity index (χ2v) is 22.5. The molecule has 0 heterocycles. The third kappa shape index (κ3) is 59.7. The smallest absolute Gasteiger partial charge is 0.462 e. The summed E-state index contributed by atoms with van der Waals surface area (Å²) in [6.45, 7) is 4.27. The molecule has 2 atom stereocenters. The highest BCUT2D eigenvalue weighted by molar-refractivity contribution is 7.47. The van der Waals surface area contributed by atoms with Crippen molar-refractivity contribution in [1.82, 2.24) is 0 Å². The zero-order chi connectivity index (χ0) is 55.6. The Balaban J connectivity index is 4.17. The molecular weight excluding hydrogens is 966 g/mol. The molecule has 0 radical (unpaired) electrons. The summed E-state index contributed by atoms with van der Waals surface area (Å²) in [4.78, 5) is 35.7. The van der Waals surface area contributed by atoms with Crippen LogP contribution in [-0.2, 0) is 32.7 Å². The van der Waals surface area contributed by atoms with E-state index in [9.17, 15) is 19.0 Å². The van der Waals surface area contributed by atoms with Gasteiger partial charge in [0, 0.05) is 12.8 Å². The number of carbonyl (C=O) groups excluding carboxylic acids is 2. The highest BCUT2D eigenvalue weighted by Crippen LogP contribution is 2.43. The molecule has 10 heteroatoms. The summed E-state index contributed by atoms with van der Waals surface area (Å²) in [5, 5.41) is 0. The first kappa shape index (κ1) is 72.4. The van der Waals surface area contributed by atoms with Crippen molar-refractivity contribution in [3.05, 3.63) is 122 Å². The van der Waals surface area contributed by atoms with Gasteiger partial charge in [0.05, 0.1) is 27.7 Å². The van der Waals surface area contributed by atoms with E-state index >= 15 is 0 Å². The number of ether oxygens (including phenoxy) is 2. The number of unbranched alkanes of at least 4 members (excludes halogenated alkanes) is 20. The van der Waals surface area contributed by atoms with Crippen molar-refractivity contribution >= 4 is 19.8 Å². The van der Waals surface area contributed by atoms with Gasteiger partial charge in [-0.3, -0.25) is 18.6 Å². The van der Waals surface area contributed by atoms with Gasteiger partial charge in [-0.05, 0) is 109 Å². The summed E-state index contributed by atoms with van der Waals surface area (Å²) in [7, 11) is 1.45. The van der Waals surface area contributed by atoms with Crippen molar-refractivity contribution in [3.8, 4) is 0 Å². The SMILES string of the molecule is CC/C=C\C/C=C\C/C=C\C/C=C\C/C=C\C/C=C\C/C=C\CCCCCCCCCCCCCC(=O)OC(COC(=O)CCCCCCCC/C=C\C/C=C\C/C=C\CCCCC)COP(=O)(O)OCC[N+](C)(C)C. The monoisotopic (exact) mass is 1080 g/mol. The van der Waals surface area contributed by atoms with Gasteiger partial charge in [-0.1, -0.05) is 232 Å². The summed E-state index contributed by atoms with van der Waals surface area (Å²) in [6.07, 6.45) is 79.8. The van der Waals surface area contributed by atoms with E-state index in [4.69, 9.17) is 18.5 Å². The Morgan fingerprint density at radius 3 is 1.12 bits per heavy atom. The van der Waals surface area contributed by atoms with Gasteiger partial charge in [-0.25, -0.2) is 4.57 Å². The number of likely N-dealkylation sites (N-methyl/N-ethyl adjacent to an activating group) is 1. The Bertz CT molecular complexity index is 1700. The number of nitrogens with zero attached hydrogens (tertiary/aromatic N) is 1. The van der Waals surface area contributed by atoms with Crippen molar-refractivity contribution in [2.75, 3.05) is 47.5 Å². The second kappa shape index (κ2) is 56.1. The van der Waals surface area contributed by atoms with Crippen LogP contribution < -0.4 is 0 Å². The number of esters is 2. The first-order valence-corrected chi connectivity index (χ1v) is 31.8. The van der Waals surface area contributed by atoms with E-state index in [0.717, 1.165) is 116 Å². The minimum Gasteiger partial charge on any atom is -0.462 e. The number of hydrogen-bond acceptors (Lipinski definition) is 7. The van der Waals surface area contributed by atoms with E-state index < -0.39 is 26.5 Å². The molecule has 0 saturated carbocycles. The lowest BCUT2D eigenvalue weighted by Gasteiger charge is -2.24. The van der Waals surface area contributed by atoms with E-state index in [1.165, 1.54) is 83.5 Å². The first-order chi connectivity index (χ1) is 37.0. The van der Waals surface area contributed by atoms with Gasteiger partial charge in [-0.2, -0.15) is 0 Å². The predicted octanol–water partition coefficient (Wildman–Crippen LogP) is 19.1. The van der Waals surface area contributed by atoms with E-state index in [0.29, 0.717) is 17.4 Å². The summed E-state index contributed by atoms with van der Waals surface area (Å²) >= 11 is 0. The van der Waals surface area contributed by atoms with Crippen LogP contribution >= 0.6 is 7.82 Å². The highest BCUT2D eigenvalue weighted by atomic mass is 31.2. The van der Waals surface area contributed by atoms with Gasteiger partial charge in [0.2, 0.25) is 0 Å². The molecule has 0 aliphatic heterocycles. The molecule has 0 spiro atoms. The van der Waals surface area contributed by atoms with Gasteiger partial charge >= 0.3 is 19.8 Å². The lowest BCUT2D eigenvalue weighted by Crippen LogP contribution is -2.37. The third-order valence-electron chi connectivity index (χ3n) is 12.5. The standard InChI is InChI=1S/C66H112NO8P/c1-6-8-10-12-14-16-18-20-22-24-26-27-28-29-30-31-32-33-34-35-36-37-38-39-41-43-45-47-49-51-53-55-57-59-66(69)75-64(63-74-76(70,71)73-61-60-67(3,4)5)62-72-65(68)58-56-54-52-50-48-46-44-42-40-25-23-21-19-17-15-13-11-9-7-2/h8,10,14-17,20-23,26-27,29-30,32-33,35-36,40,42,64H,6-7,9,11-13,18-19,24-25,28,31,34,37-39,41,43-63H2,1-5H3/p+1/b10-8-,16-14-,17-15-,22-20-,23-21-,27-26-,30-29-,33-32-,36-35-,42-40-. The van der Waals surface area contributed by atoms with Gasteiger partial charge < -0.3 is 18.9 Å². The zero-order valence-corrected chi connectivity index (χ0v) is 50.1. The van der Waals surface area contributed by atoms with Gasteiger partial charge in [-0.15, -0.1) is 0 Å². The van der Waals surface area contributed by atoms with Gasteiger partial charge in [0.1, 0.15) is 19.8 Å². The maximum atomic E-state index is 12.8. The topological polar surface area (TPSA) is 108 Å². The molecule has 0 aromatic carbocycles. The summed E-state index contributed by atoms with van der Waals surface area (Å²) < 4.78 is 34.6. The van der Waals surface area contributed by atoms with Crippen LogP contribution in [0.15, 0.2) is 122 Å². The molecular formula is C66H113NO8P+. The van der Waals surface area contributed by atoms with Crippen LogP contribution in [-0.4, -0.2) is 74.9 Å². The van der Waals surface area contributed by atoms with Crippen molar-refractivity contribution in [2.45, 2.75) is 238 Å². The molecule has 0 aromatic rings. The molecule has 0 aliphatic carbocycles. The number of phosphoric acid groups is 1. The largest absolute Gasteiger partial charge is 0.472 e. The second-order valence-electron chi connectivity index (χ2n) is 21.0. The summed E-state index contributed by atoms with van der Waals surface area (Å²) in [5.41, 5.74) is 0. The number of quaternary nitrogens is 1. The van der Waals surface area contributed by atoms with Gasteiger partial charge in [0.25, 0.3) is 0 Å². The van der Waals surface area contributed by atoms with Crippen molar-refractivity contribution in [1.29, 1.82) is 0 Å². The molecule has 0 rings (SSSR count). The summed E-state index contributed by atoms with van der Waals surface area (Å²) in [6, 6.07) is 0. The van der Waals surface area contributed by atoms with Crippen molar-refractivity contribution < 1.29 is 42.1 Å². The predicted molar refractivity (Wildman–Crippen MR) is 325 cm³/mol. The van der Waals surface area contributed by atoms with Crippen LogP contribution in [0, 0.1) is 0 Å². The van der Waals surface area contributed by atoms with E-state index in [2.05, 4.69) is 135 Å². The van der Waals surface area contributed by atoms with Crippen LogP contribution in [0.3, 0.4) is 0 Å². The van der Waals surface area contributed by atoms with Crippen molar-refractivity contribution in [3.63, 3.8) is 0 Å². The van der Waals surface area contributed by atoms with Crippen LogP contribution in [0.25, 0.3) is 0 Å². The Morgan fingerprint density at radius 2 is 0.750 bits per heavy atom. The average Bonchev–Trinajstić information content (AvgIpc) is 3.38. The van der Waals surface area contributed by atoms with Gasteiger partial charge in [0.15, 0.2) is 6.10 Å². The maximum Gasteiger partial charge on any atom is 0.472 e. The Morgan fingerprint density at radius 1 is 0.421 bits per heavy atom. The first-order valence-electron chi connectivity index (χ1n) is 30.3. The lowest BCUT2D eigenvalue weighted by atomic mass is 10.0. The van der Waals surface area contributed by atoms with E-state index in [1.54, 1.807) is 0 Å². The summed E-state index contributed by atoms with van der Waals surface area (Å²) in [5.74, 6) is -0.821. The van der Waals surface area contributed by atoms with Crippen LogP contribution in [0.5, 0.6) is 0 Å². The van der Waals surface area contributed by atoms with Crippen LogP contribution in [0.2, 0.25) is 0 Å². The quantitative estimate of drug-likeness (QED) is 0.0211.